The monoisotopic (exact) mass is 480 g/mol. The Labute approximate surface area is 185 Å². The predicted molar refractivity (Wildman–Crippen MR) is 119 cm³/mol. The molecule has 148 valence electrons. The Kier molecular flexibility index (Phi) is 4.49. The molecule has 0 aliphatic carbocycles. The summed E-state index contributed by atoms with van der Waals surface area (Å²) in [6.07, 6.45) is 0. The van der Waals surface area contributed by atoms with Gasteiger partial charge in [0.25, 0.3) is 5.91 Å². The first-order valence-corrected chi connectivity index (χ1v) is 10.4. The molecule has 0 spiro atoms. The number of amides is 1. The Morgan fingerprint density at radius 2 is 1.87 bits per heavy atom. The largest absolute Gasteiger partial charge is 0.450 e. The Balaban J connectivity index is 1.84. The summed E-state index contributed by atoms with van der Waals surface area (Å²) in [5, 5.41) is 0.917. The van der Waals surface area contributed by atoms with Crippen molar-refractivity contribution in [2.24, 2.45) is 0 Å². The summed E-state index contributed by atoms with van der Waals surface area (Å²) in [4.78, 5) is 33.0. The lowest BCUT2D eigenvalue weighted by Gasteiger charge is -2.24. The molecule has 2 aromatic heterocycles. The molecule has 0 saturated heterocycles. The third-order valence-electron chi connectivity index (χ3n) is 5.12. The summed E-state index contributed by atoms with van der Waals surface area (Å²) >= 11 is 9.63. The van der Waals surface area contributed by atoms with Crippen LogP contribution >= 0.6 is 27.5 Å². The topological polar surface area (TPSA) is 63.4 Å². The minimum absolute atomic E-state index is 0.0307. The predicted octanol–water partition coefficient (Wildman–Crippen LogP) is 5.66. The van der Waals surface area contributed by atoms with Crippen LogP contribution in [0.4, 0.5) is 5.82 Å². The molecule has 1 amide bonds. The third-order valence-corrected chi connectivity index (χ3v) is 5.85. The van der Waals surface area contributed by atoms with Crippen molar-refractivity contribution >= 4 is 50.2 Å². The summed E-state index contributed by atoms with van der Waals surface area (Å²) in [6.45, 7) is 1.85. The van der Waals surface area contributed by atoms with Crippen molar-refractivity contribution in [3.63, 3.8) is 0 Å². The highest BCUT2D eigenvalue weighted by atomic mass is 79.9. The zero-order chi connectivity index (χ0) is 21.0. The average molecular weight is 482 g/mol. The number of carbonyl (C=O) groups excluding carboxylic acids is 1. The highest BCUT2D eigenvalue weighted by Crippen LogP contribution is 2.41. The van der Waals surface area contributed by atoms with Gasteiger partial charge in [0.05, 0.1) is 17.0 Å². The van der Waals surface area contributed by atoms with Crippen LogP contribution in [0, 0.1) is 6.92 Å². The van der Waals surface area contributed by atoms with Gasteiger partial charge in [0, 0.05) is 15.2 Å². The van der Waals surface area contributed by atoms with Crippen LogP contribution in [0.3, 0.4) is 0 Å². The van der Waals surface area contributed by atoms with Crippen molar-refractivity contribution in [3.8, 4) is 0 Å². The molecule has 5 rings (SSSR count). The molecule has 0 N–H and O–H groups in total. The van der Waals surface area contributed by atoms with E-state index in [-0.39, 0.29) is 16.8 Å². The fraction of sp³-hybridized carbons (Fsp3) is 0.0870. The van der Waals surface area contributed by atoms with E-state index in [9.17, 15) is 9.59 Å². The molecule has 7 heteroatoms. The van der Waals surface area contributed by atoms with Gasteiger partial charge < -0.3 is 4.42 Å². The van der Waals surface area contributed by atoms with Crippen molar-refractivity contribution < 1.29 is 9.21 Å². The molecule has 3 heterocycles. The quantitative estimate of drug-likeness (QED) is 0.370. The number of pyridine rings is 1. The molecule has 0 radical (unpaired) electrons. The first-order valence-electron chi connectivity index (χ1n) is 9.23. The van der Waals surface area contributed by atoms with Gasteiger partial charge in [-0.25, -0.2) is 4.98 Å². The summed E-state index contributed by atoms with van der Waals surface area (Å²) in [5.41, 5.74) is 1.87. The molecule has 5 nitrogen and oxygen atoms in total. The molecule has 30 heavy (non-hydrogen) atoms. The molecule has 1 atom stereocenters. The van der Waals surface area contributed by atoms with Crippen LogP contribution in [0.15, 0.2) is 74.3 Å². The zero-order valence-electron chi connectivity index (χ0n) is 15.7. The highest BCUT2D eigenvalue weighted by Gasteiger charge is 2.44. The first kappa shape index (κ1) is 19.0. The van der Waals surface area contributed by atoms with E-state index in [2.05, 4.69) is 20.9 Å². The van der Waals surface area contributed by atoms with E-state index in [1.807, 2.05) is 25.1 Å². The van der Waals surface area contributed by atoms with Gasteiger partial charge in [0.2, 0.25) is 5.76 Å². The number of carbonyl (C=O) groups is 1. The van der Waals surface area contributed by atoms with E-state index in [0.29, 0.717) is 27.4 Å². The van der Waals surface area contributed by atoms with Crippen LogP contribution in [0.5, 0.6) is 0 Å². The zero-order valence-corrected chi connectivity index (χ0v) is 18.1. The number of anilines is 1. The van der Waals surface area contributed by atoms with E-state index >= 15 is 0 Å². The number of benzene rings is 2. The van der Waals surface area contributed by atoms with Crippen LogP contribution in [0.1, 0.15) is 33.4 Å². The minimum Gasteiger partial charge on any atom is -0.450 e. The maximum absolute atomic E-state index is 13.5. The van der Waals surface area contributed by atoms with Gasteiger partial charge >= 0.3 is 0 Å². The van der Waals surface area contributed by atoms with Gasteiger partial charge in [-0.15, -0.1) is 0 Å². The fourth-order valence-corrected chi connectivity index (χ4v) is 4.40. The molecule has 1 aliphatic rings. The summed E-state index contributed by atoms with van der Waals surface area (Å²) in [7, 11) is 0. The summed E-state index contributed by atoms with van der Waals surface area (Å²) in [5.74, 6) is 0.0686. The second-order valence-corrected chi connectivity index (χ2v) is 8.44. The van der Waals surface area contributed by atoms with Gasteiger partial charge in [0.1, 0.15) is 11.4 Å². The van der Waals surface area contributed by atoms with Crippen molar-refractivity contribution in [2.75, 3.05) is 4.90 Å². The number of hydrogen-bond donors (Lipinski definition) is 0. The first-order chi connectivity index (χ1) is 14.4. The maximum Gasteiger partial charge on any atom is 0.296 e. The van der Waals surface area contributed by atoms with Gasteiger partial charge in [0.15, 0.2) is 5.43 Å². The van der Waals surface area contributed by atoms with E-state index in [1.54, 1.807) is 42.5 Å². The molecule has 2 aromatic carbocycles. The van der Waals surface area contributed by atoms with E-state index < -0.39 is 11.9 Å². The van der Waals surface area contributed by atoms with Crippen molar-refractivity contribution in [3.05, 3.63) is 103 Å². The lowest BCUT2D eigenvalue weighted by atomic mass is 9.98. The van der Waals surface area contributed by atoms with Gasteiger partial charge in [-0.2, -0.15) is 0 Å². The lowest BCUT2D eigenvalue weighted by molar-refractivity contribution is 0.0970. The SMILES string of the molecule is Cc1cccc(N2C(=O)c3oc4ccc(Br)cc4c(=O)c3C2c2cccc(Cl)c2)n1. The van der Waals surface area contributed by atoms with Crippen LogP contribution < -0.4 is 10.3 Å². The van der Waals surface area contributed by atoms with Gasteiger partial charge in [-0.05, 0) is 55.0 Å². The number of hydrogen-bond acceptors (Lipinski definition) is 4. The van der Waals surface area contributed by atoms with Gasteiger partial charge in [-0.3, -0.25) is 14.5 Å². The summed E-state index contributed by atoms with van der Waals surface area (Å²) in [6, 6.07) is 17.0. The Bertz CT molecular complexity index is 1400. The fourth-order valence-electron chi connectivity index (χ4n) is 3.84. The smallest absolute Gasteiger partial charge is 0.296 e. The van der Waals surface area contributed by atoms with E-state index in [1.165, 1.54) is 4.90 Å². The lowest BCUT2D eigenvalue weighted by Crippen LogP contribution is -2.30. The van der Waals surface area contributed by atoms with E-state index in [4.69, 9.17) is 16.0 Å². The molecule has 1 aliphatic heterocycles. The van der Waals surface area contributed by atoms with Crippen LogP contribution in [0.2, 0.25) is 5.02 Å². The van der Waals surface area contributed by atoms with Crippen LogP contribution in [-0.2, 0) is 0 Å². The molecule has 0 saturated carbocycles. The molecule has 0 fully saturated rings. The van der Waals surface area contributed by atoms with Crippen molar-refractivity contribution in [2.45, 2.75) is 13.0 Å². The number of fused-ring (bicyclic) bond motifs is 2. The normalized spacial score (nSPS) is 15.6. The minimum atomic E-state index is -0.694. The number of nitrogens with zero attached hydrogens (tertiary/aromatic N) is 2. The second-order valence-electron chi connectivity index (χ2n) is 7.08. The molecule has 0 bridgehead atoms. The molecular formula is C23H14BrClN2O3. The number of aryl methyl sites for hydroxylation is 1. The second kappa shape index (κ2) is 7.07. The summed E-state index contributed by atoms with van der Waals surface area (Å²) < 4.78 is 6.70. The standard InChI is InChI=1S/C23H14BrClN2O3/c1-12-4-2-7-18(26-12)27-20(13-5-3-6-15(25)10-13)19-21(28)16-11-14(24)8-9-17(16)30-22(19)23(27)29/h2-11,20H,1H3. The molecular weight excluding hydrogens is 468 g/mol. The van der Waals surface area contributed by atoms with E-state index in [0.717, 1.165) is 10.2 Å². The third kappa shape index (κ3) is 2.95. The number of rotatable bonds is 2. The van der Waals surface area contributed by atoms with Crippen molar-refractivity contribution in [1.29, 1.82) is 0 Å². The average Bonchev–Trinajstić information content (AvgIpc) is 3.01. The molecule has 1 unspecified atom stereocenters. The Morgan fingerprint density at radius 3 is 2.63 bits per heavy atom. The molecule has 4 aromatic rings. The van der Waals surface area contributed by atoms with Crippen LogP contribution in [-0.4, -0.2) is 10.9 Å². The number of aromatic nitrogens is 1. The van der Waals surface area contributed by atoms with Crippen molar-refractivity contribution in [1.82, 2.24) is 4.98 Å². The highest BCUT2D eigenvalue weighted by molar-refractivity contribution is 9.10. The van der Waals surface area contributed by atoms with Crippen LogP contribution in [0.25, 0.3) is 11.0 Å². The maximum atomic E-state index is 13.5. The number of halogens is 2. The van der Waals surface area contributed by atoms with Gasteiger partial charge in [-0.1, -0.05) is 45.7 Å². The Hall–Kier alpha value is -2.96. The Morgan fingerprint density at radius 1 is 1.07 bits per heavy atom.